The number of aromatic nitrogens is 2. The van der Waals surface area contributed by atoms with Crippen LogP contribution >= 0.6 is 0 Å². The van der Waals surface area contributed by atoms with E-state index in [1.165, 1.54) is 25.0 Å². The van der Waals surface area contributed by atoms with Crippen molar-refractivity contribution in [2.24, 2.45) is 0 Å². The Hall–Kier alpha value is -0.870. The maximum Gasteiger partial charge on any atom is 0.0794 e. The van der Waals surface area contributed by atoms with Crippen LogP contribution in [0.25, 0.3) is 0 Å². The van der Waals surface area contributed by atoms with E-state index in [2.05, 4.69) is 28.1 Å². The topological polar surface area (TPSA) is 50.1 Å². The quantitative estimate of drug-likeness (QED) is 0.832. The summed E-state index contributed by atoms with van der Waals surface area (Å²) >= 11 is 0. The first-order chi connectivity index (χ1) is 9.66. The Morgan fingerprint density at radius 3 is 2.75 bits per heavy atom. The Kier molecular flexibility index (Phi) is 4.13. The zero-order valence-corrected chi connectivity index (χ0v) is 12.6. The molecule has 4 nitrogen and oxygen atoms in total. The summed E-state index contributed by atoms with van der Waals surface area (Å²) in [5.41, 5.74) is 1.98. The number of nitrogens with zero attached hydrogens (tertiary/aromatic N) is 2. The van der Waals surface area contributed by atoms with Crippen LogP contribution < -0.4 is 5.32 Å². The normalized spacial score (nSPS) is 23.3. The molecule has 2 N–H and O–H groups in total. The SMILES string of the molecule is CC(NCC1(O)CCCCCC1)c1cc2n(n1)CCC2. The number of aliphatic hydroxyl groups is 1. The van der Waals surface area contributed by atoms with Crippen LogP contribution in [0.3, 0.4) is 0 Å². The molecule has 1 fully saturated rings. The fraction of sp³-hybridized carbons (Fsp3) is 0.812. The largest absolute Gasteiger partial charge is 0.389 e. The van der Waals surface area contributed by atoms with E-state index in [0.717, 1.165) is 44.3 Å². The second-order valence-corrected chi connectivity index (χ2v) is 6.63. The fourth-order valence-electron chi connectivity index (χ4n) is 3.51. The number of hydrogen-bond donors (Lipinski definition) is 2. The predicted octanol–water partition coefficient (Wildman–Crippen LogP) is 2.57. The minimum Gasteiger partial charge on any atom is -0.389 e. The minimum atomic E-state index is -0.507. The molecule has 0 aromatic carbocycles. The standard InChI is InChI=1S/C16H27N3O/c1-13(15-11-14-7-6-10-19(14)18-15)17-12-16(20)8-4-2-3-5-9-16/h11,13,17,20H,2-10,12H2,1H3. The van der Waals surface area contributed by atoms with Gasteiger partial charge in [0, 0.05) is 24.8 Å². The highest BCUT2D eigenvalue weighted by Gasteiger charge is 2.28. The van der Waals surface area contributed by atoms with Gasteiger partial charge in [0.25, 0.3) is 0 Å². The van der Waals surface area contributed by atoms with E-state index in [9.17, 15) is 5.11 Å². The van der Waals surface area contributed by atoms with Gasteiger partial charge in [-0.15, -0.1) is 0 Å². The molecule has 1 atom stereocenters. The fourth-order valence-corrected chi connectivity index (χ4v) is 3.51. The molecule has 1 aromatic heterocycles. The summed E-state index contributed by atoms with van der Waals surface area (Å²) in [4.78, 5) is 0. The molecule has 112 valence electrons. The van der Waals surface area contributed by atoms with E-state index in [1.807, 2.05) is 0 Å². The van der Waals surface area contributed by atoms with Crippen molar-refractivity contribution in [3.8, 4) is 0 Å². The maximum absolute atomic E-state index is 10.7. The molecule has 0 bridgehead atoms. The maximum atomic E-state index is 10.7. The van der Waals surface area contributed by atoms with Crippen molar-refractivity contribution in [2.75, 3.05) is 6.54 Å². The Morgan fingerprint density at radius 2 is 2.05 bits per heavy atom. The van der Waals surface area contributed by atoms with E-state index in [-0.39, 0.29) is 6.04 Å². The van der Waals surface area contributed by atoms with Crippen LogP contribution in [0.2, 0.25) is 0 Å². The summed E-state index contributed by atoms with van der Waals surface area (Å²) in [5, 5.41) is 18.8. The van der Waals surface area contributed by atoms with Gasteiger partial charge in [-0.3, -0.25) is 4.68 Å². The Balaban J connectivity index is 1.56. The first-order valence-corrected chi connectivity index (χ1v) is 8.19. The molecular weight excluding hydrogens is 250 g/mol. The molecule has 20 heavy (non-hydrogen) atoms. The minimum absolute atomic E-state index is 0.223. The molecule has 0 amide bonds. The van der Waals surface area contributed by atoms with Crippen LogP contribution in [-0.4, -0.2) is 27.0 Å². The average molecular weight is 277 g/mol. The van der Waals surface area contributed by atoms with Gasteiger partial charge < -0.3 is 10.4 Å². The van der Waals surface area contributed by atoms with Gasteiger partial charge >= 0.3 is 0 Å². The number of nitrogens with one attached hydrogen (secondary N) is 1. The summed E-state index contributed by atoms with van der Waals surface area (Å²) in [6.07, 6.45) is 9.11. The lowest BCUT2D eigenvalue weighted by Gasteiger charge is -2.28. The van der Waals surface area contributed by atoms with Crippen LogP contribution in [0.15, 0.2) is 6.07 Å². The lowest BCUT2D eigenvalue weighted by atomic mass is 9.94. The van der Waals surface area contributed by atoms with Gasteiger partial charge in [-0.05, 0) is 38.7 Å². The molecular formula is C16H27N3O. The van der Waals surface area contributed by atoms with Crippen molar-refractivity contribution in [1.82, 2.24) is 15.1 Å². The van der Waals surface area contributed by atoms with Crippen molar-refractivity contribution in [3.05, 3.63) is 17.5 Å². The molecule has 1 aliphatic carbocycles. The highest BCUT2D eigenvalue weighted by atomic mass is 16.3. The van der Waals surface area contributed by atoms with Crippen LogP contribution in [0.5, 0.6) is 0 Å². The second kappa shape index (κ2) is 5.86. The third-order valence-corrected chi connectivity index (χ3v) is 4.90. The molecule has 1 unspecified atom stereocenters. The van der Waals surface area contributed by atoms with Gasteiger partial charge in [0.2, 0.25) is 0 Å². The number of hydrogen-bond acceptors (Lipinski definition) is 3. The third-order valence-electron chi connectivity index (χ3n) is 4.90. The first kappa shape index (κ1) is 14.1. The van der Waals surface area contributed by atoms with Crippen molar-refractivity contribution in [3.63, 3.8) is 0 Å². The molecule has 0 saturated heterocycles. The van der Waals surface area contributed by atoms with Crippen molar-refractivity contribution >= 4 is 0 Å². The van der Waals surface area contributed by atoms with Crippen molar-refractivity contribution in [2.45, 2.75) is 76.5 Å². The third kappa shape index (κ3) is 3.07. The van der Waals surface area contributed by atoms with Gasteiger partial charge in [0.1, 0.15) is 0 Å². The van der Waals surface area contributed by atoms with E-state index >= 15 is 0 Å². The van der Waals surface area contributed by atoms with Crippen LogP contribution in [0.1, 0.15) is 69.3 Å². The lowest BCUT2D eigenvalue weighted by Crippen LogP contribution is -2.41. The molecule has 3 rings (SSSR count). The highest BCUT2D eigenvalue weighted by molar-refractivity contribution is 5.15. The summed E-state index contributed by atoms with van der Waals surface area (Å²) in [7, 11) is 0. The van der Waals surface area contributed by atoms with E-state index < -0.39 is 5.60 Å². The Morgan fingerprint density at radius 1 is 1.30 bits per heavy atom. The summed E-state index contributed by atoms with van der Waals surface area (Å²) < 4.78 is 2.13. The molecule has 4 heteroatoms. The van der Waals surface area contributed by atoms with E-state index in [0.29, 0.717) is 6.54 Å². The highest BCUT2D eigenvalue weighted by Crippen LogP contribution is 2.27. The zero-order chi connectivity index (χ0) is 14.0. The van der Waals surface area contributed by atoms with Gasteiger partial charge in [-0.25, -0.2) is 0 Å². The lowest BCUT2D eigenvalue weighted by molar-refractivity contribution is 0.0230. The van der Waals surface area contributed by atoms with Gasteiger partial charge in [0.15, 0.2) is 0 Å². The predicted molar refractivity (Wildman–Crippen MR) is 79.6 cm³/mol. The molecule has 0 radical (unpaired) electrons. The number of rotatable bonds is 4. The molecule has 2 heterocycles. The Bertz CT molecular complexity index is 425. The van der Waals surface area contributed by atoms with Crippen molar-refractivity contribution in [1.29, 1.82) is 0 Å². The van der Waals surface area contributed by atoms with Crippen LogP contribution in [0.4, 0.5) is 0 Å². The first-order valence-electron chi connectivity index (χ1n) is 8.19. The zero-order valence-electron chi connectivity index (χ0n) is 12.6. The summed E-state index contributed by atoms with van der Waals surface area (Å²) in [6.45, 7) is 3.90. The van der Waals surface area contributed by atoms with Gasteiger partial charge in [-0.2, -0.15) is 5.10 Å². The van der Waals surface area contributed by atoms with E-state index in [1.54, 1.807) is 0 Å². The van der Waals surface area contributed by atoms with Crippen LogP contribution in [0, 0.1) is 0 Å². The summed E-state index contributed by atoms with van der Waals surface area (Å²) in [5.74, 6) is 0. The number of aryl methyl sites for hydroxylation is 2. The van der Waals surface area contributed by atoms with Gasteiger partial charge in [-0.1, -0.05) is 25.7 Å². The number of fused-ring (bicyclic) bond motifs is 1. The monoisotopic (exact) mass is 277 g/mol. The van der Waals surface area contributed by atoms with E-state index in [4.69, 9.17) is 0 Å². The molecule has 1 aromatic rings. The molecule has 1 aliphatic heterocycles. The van der Waals surface area contributed by atoms with Crippen LogP contribution in [-0.2, 0) is 13.0 Å². The van der Waals surface area contributed by atoms with Gasteiger partial charge in [0.05, 0.1) is 11.3 Å². The molecule has 2 aliphatic rings. The Labute approximate surface area is 121 Å². The van der Waals surface area contributed by atoms with Crippen molar-refractivity contribution < 1.29 is 5.11 Å². The molecule has 0 spiro atoms. The second-order valence-electron chi connectivity index (χ2n) is 6.63. The molecule has 1 saturated carbocycles. The smallest absolute Gasteiger partial charge is 0.0794 e. The average Bonchev–Trinajstić information content (AvgIpc) is 2.95. The summed E-state index contributed by atoms with van der Waals surface area (Å²) in [6, 6.07) is 2.45.